The minimum absolute atomic E-state index is 0.0505. The number of fused-ring (bicyclic) bond motifs is 1. The minimum Gasteiger partial charge on any atom is -0.463 e. The number of hydrogen-bond donors (Lipinski definition) is 0. The third-order valence-electron chi connectivity index (χ3n) is 2.88. The van der Waals surface area contributed by atoms with Gasteiger partial charge in [0.15, 0.2) is 0 Å². The fourth-order valence-electron chi connectivity index (χ4n) is 1.96. The molecule has 0 spiro atoms. The minimum atomic E-state index is -0.0505. The van der Waals surface area contributed by atoms with Gasteiger partial charge in [-0.1, -0.05) is 34.1 Å². The second-order valence-electron chi connectivity index (χ2n) is 4.38. The van der Waals surface area contributed by atoms with Crippen LogP contribution in [0.25, 0.3) is 11.0 Å². The molecule has 1 aromatic heterocycles. The van der Waals surface area contributed by atoms with Gasteiger partial charge in [0, 0.05) is 26.1 Å². The van der Waals surface area contributed by atoms with E-state index >= 15 is 0 Å². The van der Waals surface area contributed by atoms with Crippen molar-refractivity contribution in [3.05, 3.63) is 36.1 Å². The maximum Gasteiger partial charge on any atom is 0.257 e. The number of carbonyl (C=O) groups is 1. The van der Waals surface area contributed by atoms with Gasteiger partial charge < -0.3 is 14.1 Å². The summed E-state index contributed by atoms with van der Waals surface area (Å²) < 4.78 is 10.4. The second-order valence-corrected chi connectivity index (χ2v) is 5.68. The lowest BCUT2D eigenvalue weighted by Crippen LogP contribution is -2.33. The Labute approximate surface area is 120 Å². The number of ether oxygens (including phenoxy) is 1. The van der Waals surface area contributed by atoms with Crippen LogP contribution in [0.2, 0.25) is 0 Å². The molecular weight excluding hydrogens is 310 g/mol. The van der Waals surface area contributed by atoms with Gasteiger partial charge in [0.2, 0.25) is 0 Å². The first-order valence-electron chi connectivity index (χ1n) is 5.98. The summed E-state index contributed by atoms with van der Waals surface area (Å²) in [6, 6.07) is 7.52. The van der Waals surface area contributed by atoms with Crippen LogP contribution < -0.4 is 0 Å². The van der Waals surface area contributed by atoms with E-state index in [0.29, 0.717) is 18.7 Å². The highest BCUT2D eigenvalue weighted by Crippen LogP contribution is 2.22. The number of carbonyl (C=O) groups excluding carboxylic acids is 1. The molecule has 2 aromatic rings. The van der Waals surface area contributed by atoms with Crippen LogP contribution in [0.15, 0.2) is 34.9 Å². The molecule has 0 bridgehead atoms. The largest absolute Gasteiger partial charge is 0.463 e. The third-order valence-corrected chi connectivity index (χ3v) is 3.43. The predicted molar refractivity (Wildman–Crippen MR) is 77.8 cm³/mol. The molecule has 0 fully saturated rings. The van der Waals surface area contributed by atoms with Crippen molar-refractivity contribution >= 4 is 32.8 Å². The van der Waals surface area contributed by atoms with Crippen LogP contribution in [0.3, 0.4) is 0 Å². The molecule has 4 nitrogen and oxygen atoms in total. The van der Waals surface area contributed by atoms with E-state index in [1.54, 1.807) is 19.1 Å². The summed E-state index contributed by atoms with van der Waals surface area (Å²) in [4.78, 5) is 14.1. The fourth-order valence-corrected chi connectivity index (χ4v) is 2.66. The predicted octanol–water partition coefficient (Wildman–Crippen LogP) is 2.91. The van der Waals surface area contributed by atoms with Crippen molar-refractivity contribution in [3.63, 3.8) is 0 Å². The lowest BCUT2D eigenvalue weighted by atomic mass is 10.1. The number of rotatable bonds is 5. The number of alkyl halides is 1. The van der Waals surface area contributed by atoms with Crippen LogP contribution in [0.4, 0.5) is 0 Å². The number of nitrogens with zero attached hydrogens (tertiary/aromatic N) is 1. The van der Waals surface area contributed by atoms with Crippen LogP contribution in [0.5, 0.6) is 0 Å². The number of benzene rings is 1. The van der Waals surface area contributed by atoms with Gasteiger partial charge in [0.1, 0.15) is 11.8 Å². The second kappa shape index (κ2) is 6.21. The molecule has 1 atom stereocenters. The zero-order valence-corrected chi connectivity index (χ0v) is 12.5. The van der Waals surface area contributed by atoms with E-state index in [0.717, 1.165) is 11.0 Å². The van der Waals surface area contributed by atoms with Crippen molar-refractivity contribution in [2.24, 2.45) is 0 Å². The standard InChI is InChI=1S/C14H16BrNO3/c1-16(7-10(15)8-18-2)14(17)12-9-19-13-6-4-3-5-11(12)13/h3-6,9-10H,7-8H2,1-2H3. The number of methoxy groups -OCH3 is 1. The van der Waals surface area contributed by atoms with Crippen molar-refractivity contribution in [2.45, 2.75) is 4.83 Å². The normalized spacial score (nSPS) is 12.6. The average molecular weight is 326 g/mol. The Morgan fingerprint density at radius 3 is 2.95 bits per heavy atom. The summed E-state index contributed by atoms with van der Waals surface area (Å²) in [5, 5.41) is 0.845. The topological polar surface area (TPSA) is 42.7 Å². The molecule has 102 valence electrons. The lowest BCUT2D eigenvalue weighted by molar-refractivity contribution is 0.0785. The SMILES string of the molecule is COCC(Br)CN(C)C(=O)c1coc2ccccc12. The van der Waals surface area contributed by atoms with E-state index in [2.05, 4.69) is 15.9 Å². The first kappa shape index (κ1) is 14.1. The van der Waals surface area contributed by atoms with Gasteiger partial charge in [-0.25, -0.2) is 0 Å². The first-order chi connectivity index (χ1) is 9.13. The molecule has 1 amide bonds. The molecule has 19 heavy (non-hydrogen) atoms. The monoisotopic (exact) mass is 325 g/mol. The Bertz CT molecular complexity index is 567. The summed E-state index contributed by atoms with van der Waals surface area (Å²) >= 11 is 3.48. The zero-order valence-electron chi connectivity index (χ0n) is 10.9. The molecule has 0 radical (unpaired) electrons. The highest BCUT2D eigenvalue weighted by molar-refractivity contribution is 9.09. The Balaban J connectivity index is 2.15. The van der Waals surface area contributed by atoms with E-state index in [9.17, 15) is 4.79 Å². The zero-order chi connectivity index (χ0) is 13.8. The van der Waals surface area contributed by atoms with Gasteiger partial charge in [-0.15, -0.1) is 0 Å². The van der Waals surface area contributed by atoms with Crippen molar-refractivity contribution in [3.8, 4) is 0 Å². The number of furan rings is 1. The van der Waals surface area contributed by atoms with Crippen LogP contribution in [0, 0.1) is 0 Å². The van der Waals surface area contributed by atoms with Crippen LogP contribution in [-0.4, -0.2) is 42.9 Å². The maximum absolute atomic E-state index is 12.4. The number of halogens is 1. The van der Waals surface area contributed by atoms with Crippen molar-refractivity contribution in [1.82, 2.24) is 4.90 Å². The highest BCUT2D eigenvalue weighted by atomic mass is 79.9. The van der Waals surface area contributed by atoms with Gasteiger partial charge >= 0.3 is 0 Å². The fraction of sp³-hybridized carbons (Fsp3) is 0.357. The Morgan fingerprint density at radius 2 is 2.21 bits per heavy atom. The molecule has 0 N–H and O–H groups in total. The quantitative estimate of drug-likeness (QED) is 0.794. The Kier molecular flexibility index (Phi) is 4.61. The van der Waals surface area contributed by atoms with Crippen LogP contribution in [-0.2, 0) is 4.74 Å². The summed E-state index contributed by atoms with van der Waals surface area (Å²) in [5.74, 6) is -0.0505. The number of hydrogen-bond acceptors (Lipinski definition) is 3. The van der Waals surface area contributed by atoms with E-state index in [4.69, 9.17) is 9.15 Å². The van der Waals surface area contributed by atoms with Crippen LogP contribution >= 0.6 is 15.9 Å². The molecule has 1 unspecified atom stereocenters. The van der Waals surface area contributed by atoms with Gasteiger partial charge in [-0.2, -0.15) is 0 Å². The summed E-state index contributed by atoms with van der Waals surface area (Å²) in [6.45, 7) is 1.13. The highest BCUT2D eigenvalue weighted by Gasteiger charge is 2.19. The molecule has 0 saturated carbocycles. The Hall–Kier alpha value is -1.33. The lowest BCUT2D eigenvalue weighted by Gasteiger charge is -2.19. The molecule has 5 heteroatoms. The van der Waals surface area contributed by atoms with E-state index in [1.165, 1.54) is 6.26 Å². The molecule has 1 aromatic carbocycles. The van der Waals surface area contributed by atoms with Gasteiger partial charge in [-0.05, 0) is 6.07 Å². The Morgan fingerprint density at radius 1 is 1.47 bits per heavy atom. The molecule has 0 aliphatic heterocycles. The van der Waals surface area contributed by atoms with Gasteiger partial charge in [0.05, 0.1) is 17.0 Å². The van der Waals surface area contributed by atoms with Crippen molar-refractivity contribution < 1.29 is 13.9 Å². The van der Waals surface area contributed by atoms with E-state index < -0.39 is 0 Å². The van der Waals surface area contributed by atoms with Gasteiger partial charge in [-0.3, -0.25) is 4.79 Å². The molecule has 0 aliphatic rings. The van der Waals surface area contributed by atoms with Crippen LogP contribution in [0.1, 0.15) is 10.4 Å². The molecule has 0 saturated heterocycles. The summed E-state index contributed by atoms with van der Waals surface area (Å²) in [7, 11) is 3.41. The molecule has 1 heterocycles. The number of amides is 1. The number of para-hydroxylation sites is 1. The first-order valence-corrected chi connectivity index (χ1v) is 6.89. The average Bonchev–Trinajstić information content (AvgIpc) is 2.81. The van der Waals surface area contributed by atoms with E-state index in [1.807, 2.05) is 24.3 Å². The smallest absolute Gasteiger partial charge is 0.257 e. The molecule has 2 rings (SSSR count). The van der Waals surface area contributed by atoms with Crippen molar-refractivity contribution in [2.75, 3.05) is 27.3 Å². The summed E-state index contributed by atoms with van der Waals surface area (Å²) in [5.41, 5.74) is 1.32. The molecule has 0 aliphatic carbocycles. The summed E-state index contributed by atoms with van der Waals surface area (Å²) in [6.07, 6.45) is 1.52. The molecular formula is C14H16BrNO3. The van der Waals surface area contributed by atoms with E-state index in [-0.39, 0.29) is 10.7 Å². The maximum atomic E-state index is 12.4. The third kappa shape index (κ3) is 3.16. The van der Waals surface area contributed by atoms with Gasteiger partial charge in [0.25, 0.3) is 5.91 Å². The van der Waals surface area contributed by atoms with Crippen molar-refractivity contribution in [1.29, 1.82) is 0 Å².